The lowest BCUT2D eigenvalue weighted by molar-refractivity contribution is -0.263. The van der Waals surface area contributed by atoms with Gasteiger partial charge in [-0.05, 0) is 11.8 Å². The number of carbonyl (C=O) groups excluding carboxylic acids is 1. The van der Waals surface area contributed by atoms with E-state index in [2.05, 4.69) is 0 Å². The molecule has 4 unspecified atom stereocenters. The lowest BCUT2D eigenvalue weighted by atomic mass is 9.51. The van der Waals surface area contributed by atoms with E-state index in [0.717, 1.165) is 0 Å². The summed E-state index contributed by atoms with van der Waals surface area (Å²) in [6, 6.07) is 0. The summed E-state index contributed by atoms with van der Waals surface area (Å²) >= 11 is 0. The van der Waals surface area contributed by atoms with Crippen molar-refractivity contribution >= 4 is 5.97 Å². The fourth-order valence-corrected chi connectivity index (χ4v) is 8.45. The number of hydrogen-bond acceptors (Lipinski definition) is 9. The molecule has 6 fully saturated rings. The average Bonchev–Trinajstić information content (AvgIpc) is 3.31. The Kier molecular flexibility index (Phi) is 3.15. The second kappa shape index (κ2) is 4.82. The van der Waals surface area contributed by atoms with E-state index in [-0.39, 0.29) is 13.0 Å². The number of fused-ring (bicyclic) bond motifs is 1. The molecule has 0 aromatic heterocycles. The van der Waals surface area contributed by atoms with Crippen LogP contribution < -0.4 is 0 Å². The van der Waals surface area contributed by atoms with Crippen LogP contribution in [0, 0.1) is 28.1 Å². The van der Waals surface area contributed by atoms with Gasteiger partial charge in [0, 0.05) is 11.8 Å². The normalized spacial score (nSPS) is 64.8. The summed E-state index contributed by atoms with van der Waals surface area (Å²) in [5.74, 6) is -1.80. The molecule has 4 N–H and O–H groups in total. The highest BCUT2D eigenvalue weighted by Gasteiger charge is 3.01. The zero-order valence-electron chi connectivity index (χ0n) is 16.9. The van der Waals surface area contributed by atoms with Gasteiger partial charge in [-0.1, -0.05) is 27.7 Å². The number of aliphatic hydroxyl groups is 4. The molecule has 0 radical (unpaired) electrons. The van der Waals surface area contributed by atoms with E-state index in [1.165, 1.54) is 0 Å². The largest absolute Gasteiger partial charge is 0.457 e. The Morgan fingerprint density at radius 3 is 2.52 bits per heavy atom. The van der Waals surface area contributed by atoms with Gasteiger partial charge in [0.2, 0.25) is 5.60 Å². The second-order valence-electron chi connectivity index (χ2n) is 10.9. The van der Waals surface area contributed by atoms with Gasteiger partial charge in [0.1, 0.15) is 17.8 Å². The monoisotopic (exact) mass is 412 g/mol. The third-order valence-electron chi connectivity index (χ3n) is 9.06. The summed E-state index contributed by atoms with van der Waals surface area (Å²) in [6.07, 6.45) is -6.79. The zero-order chi connectivity index (χ0) is 20.9. The van der Waals surface area contributed by atoms with Crippen molar-refractivity contribution in [3.05, 3.63) is 0 Å². The summed E-state index contributed by atoms with van der Waals surface area (Å²) in [5, 5.41) is 45.1. The molecule has 0 aromatic carbocycles. The van der Waals surface area contributed by atoms with E-state index < -0.39 is 82.2 Å². The maximum absolute atomic E-state index is 13.4. The Morgan fingerprint density at radius 1 is 1.17 bits per heavy atom. The fourth-order valence-electron chi connectivity index (χ4n) is 8.45. The fraction of sp³-hybridized carbons (Fsp3) is 0.950. The van der Waals surface area contributed by atoms with Crippen molar-refractivity contribution < 1.29 is 44.2 Å². The van der Waals surface area contributed by atoms with Gasteiger partial charge in [-0.3, -0.25) is 0 Å². The van der Waals surface area contributed by atoms with Crippen LogP contribution in [-0.2, 0) is 23.7 Å². The Bertz CT molecular complexity index is 810. The van der Waals surface area contributed by atoms with Crippen molar-refractivity contribution in [1.29, 1.82) is 0 Å². The smallest absolute Gasteiger partial charge is 0.342 e. The molecule has 2 aliphatic carbocycles. The van der Waals surface area contributed by atoms with E-state index in [1.807, 2.05) is 20.8 Å². The molecule has 6 aliphatic rings. The highest BCUT2D eigenvalue weighted by atomic mass is 16.8. The van der Waals surface area contributed by atoms with Gasteiger partial charge in [0.25, 0.3) is 0 Å². The molecule has 0 aromatic rings. The molecule has 9 nitrogen and oxygen atoms in total. The molecule has 4 heterocycles. The molecule has 9 heteroatoms. The van der Waals surface area contributed by atoms with Crippen molar-refractivity contribution in [1.82, 2.24) is 0 Å². The highest BCUT2D eigenvalue weighted by Crippen LogP contribution is 2.84. The van der Waals surface area contributed by atoms with E-state index in [4.69, 9.17) is 18.9 Å². The molecule has 0 amide bonds. The summed E-state index contributed by atoms with van der Waals surface area (Å²) in [6.45, 7) is 7.82. The van der Waals surface area contributed by atoms with Crippen molar-refractivity contribution in [2.75, 3.05) is 6.61 Å². The van der Waals surface area contributed by atoms with Gasteiger partial charge in [-0.2, -0.15) is 0 Å². The predicted octanol–water partition coefficient (Wildman–Crippen LogP) is -1.10. The van der Waals surface area contributed by atoms with Gasteiger partial charge in [0.05, 0.1) is 29.6 Å². The van der Waals surface area contributed by atoms with Gasteiger partial charge in [-0.15, -0.1) is 0 Å². The molecule has 12 atom stereocenters. The first-order valence-corrected chi connectivity index (χ1v) is 10.3. The number of carbonyl (C=O) groups is 1. The van der Waals surface area contributed by atoms with Crippen molar-refractivity contribution in [2.24, 2.45) is 28.1 Å². The van der Waals surface area contributed by atoms with Gasteiger partial charge in [-0.25, -0.2) is 4.79 Å². The second-order valence-corrected chi connectivity index (χ2v) is 10.9. The van der Waals surface area contributed by atoms with Crippen LogP contribution in [0.4, 0.5) is 0 Å². The zero-order valence-corrected chi connectivity index (χ0v) is 16.9. The molecule has 6 rings (SSSR count). The lowest BCUT2D eigenvalue weighted by Crippen LogP contribution is -2.66. The molecule has 29 heavy (non-hydrogen) atoms. The van der Waals surface area contributed by atoms with Crippen LogP contribution in [0.15, 0.2) is 0 Å². The minimum atomic E-state index is -1.84. The number of hydrogen-bond donors (Lipinski definition) is 4. The van der Waals surface area contributed by atoms with Crippen LogP contribution in [0.2, 0.25) is 0 Å². The van der Waals surface area contributed by atoms with Gasteiger partial charge >= 0.3 is 5.97 Å². The lowest BCUT2D eigenvalue weighted by Gasteiger charge is -2.48. The molecular formula is C20H28O9. The molecule has 4 saturated heterocycles. The predicted molar refractivity (Wildman–Crippen MR) is 92.9 cm³/mol. The topological polar surface area (TPSA) is 135 Å². The van der Waals surface area contributed by atoms with Crippen LogP contribution in [0.25, 0.3) is 0 Å². The number of rotatable bonds is 0. The standard InChI is InChI=1S/C20H28O9/c1-7-6-26-8-5-17-12-9(21)10(16(2,3)4)18(17)11(22)13(23)28-15(18)29-20(17,14(24)27-12)19(7,8)25/h7-13,15,21-23,25H,5-6H2,1-4H3/t7-,8?,9-,10+,11+,12?,13+,15+,17?,18?,19-,20-/m1/s1. The molecule has 162 valence electrons. The summed E-state index contributed by atoms with van der Waals surface area (Å²) in [4.78, 5) is 13.4. The third-order valence-corrected chi connectivity index (χ3v) is 9.06. The van der Waals surface area contributed by atoms with Crippen molar-refractivity contribution in [3.63, 3.8) is 0 Å². The Morgan fingerprint density at radius 2 is 1.86 bits per heavy atom. The third kappa shape index (κ3) is 1.45. The summed E-state index contributed by atoms with van der Waals surface area (Å²) in [7, 11) is 0. The van der Waals surface area contributed by atoms with E-state index >= 15 is 0 Å². The van der Waals surface area contributed by atoms with Crippen molar-refractivity contribution in [3.8, 4) is 0 Å². The van der Waals surface area contributed by atoms with Crippen LogP contribution in [0.3, 0.4) is 0 Å². The van der Waals surface area contributed by atoms with E-state index in [0.29, 0.717) is 0 Å². The Balaban J connectivity index is 1.70. The molecule has 0 bridgehead atoms. The quantitative estimate of drug-likeness (QED) is 0.366. The molecule has 2 spiro atoms. The number of esters is 1. The van der Waals surface area contributed by atoms with Crippen LogP contribution in [0.5, 0.6) is 0 Å². The Labute approximate surface area is 167 Å². The highest BCUT2D eigenvalue weighted by molar-refractivity contribution is 5.89. The average molecular weight is 412 g/mol. The van der Waals surface area contributed by atoms with Crippen molar-refractivity contribution in [2.45, 2.75) is 82.3 Å². The van der Waals surface area contributed by atoms with Gasteiger partial charge in [0.15, 0.2) is 12.6 Å². The van der Waals surface area contributed by atoms with Crippen LogP contribution in [0.1, 0.15) is 34.1 Å². The maximum Gasteiger partial charge on any atom is 0.342 e. The SMILES string of the molecule is C[C@@H]1COC2CC34C5OC(=O)[C@]3(O[C@@H]3O[C@H](O)[C@H](O)C34[C@H](C(C)(C)C)[C@H]5O)[C@]21O. The summed E-state index contributed by atoms with van der Waals surface area (Å²) in [5.41, 5.74) is -6.70. The molecular weight excluding hydrogens is 384 g/mol. The van der Waals surface area contributed by atoms with E-state index in [1.54, 1.807) is 6.92 Å². The Hall–Kier alpha value is -0.810. The molecule has 2 saturated carbocycles. The first kappa shape index (κ1) is 18.9. The minimum Gasteiger partial charge on any atom is -0.457 e. The summed E-state index contributed by atoms with van der Waals surface area (Å²) < 4.78 is 23.6. The van der Waals surface area contributed by atoms with E-state index in [9.17, 15) is 25.2 Å². The van der Waals surface area contributed by atoms with Crippen LogP contribution >= 0.6 is 0 Å². The maximum atomic E-state index is 13.4. The first-order valence-electron chi connectivity index (χ1n) is 10.3. The molecule has 4 aliphatic heterocycles. The number of aliphatic hydroxyl groups excluding tert-OH is 3. The van der Waals surface area contributed by atoms with Crippen LogP contribution in [-0.4, -0.2) is 81.2 Å². The minimum absolute atomic E-state index is 0.164. The van der Waals surface area contributed by atoms with Gasteiger partial charge < -0.3 is 39.4 Å². The number of ether oxygens (including phenoxy) is 4. The first-order chi connectivity index (χ1) is 13.4.